The third kappa shape index (κ3) is 8.39. The van der Waals surface area contributed by atoms with Gasteiger partial charge >= 0.3 is 0 Å². The summed E-state index contributed by atoms with van der Waals surface area (Å²) in [4.78, 5) is 2.35. The zero-order valence-electron chi connectivity index (χ0n) is 16.6. The van der Waals surface area contributed by atoms with E-state index < -0.39 is 10.0 Å². The highest BCUT2D eigenvalue weighted by atomic mass is 35.5. The molecule has 0 radical (unpaired) electrons. The minimum atomic E-state index is -3.07. The number of sulfonamides is 1. The zero-order chi connectivity index (χ0) is 18.6. The number of likely N-dealkylation sites (tertiary alicyclic amines) is 1. The van der Waals surface area contributed by atoms with Crippen LogP contribution >= 0.6 is 24.8 Å². The van der Waals surface area contributed by atoms with Crippen LogP contribution in [0.2, 0.25) is 0 Å². The van der Waals surface area contributed by atoms with Gasteiger partial charge in [-0.25, -0.2) is 13.1 Å². The molecule has 1 heterocycles. The Balaban J connectivity index is 0.00000196. The van der Waals surface area contributed by atoms with Gasteiger partial charge in [-0.1, -0.05) is 42.0 Å². The van der Waals surface area contributed by atoms with Crippen LogP contribution in [0.5, 0.6) is 0 Å². The fourth-order valence-electron chi connectivity index (χ4n) is 3.82. The van der Waals surface area contributed by atoms with E-state index in [9.17, 15) is 8.42 Å². The first kappa shape index (κ1) is 25.4. The average Bonchev–Trinajstić information content (AvgIpc) is 3.36. The molecule has 5 nitrogen and oxygen atoms in total. The first-order valence-electron chi connectivity index (χ1n) is 9.57. The van der Waals surface area contributed by atoms with E-state index >= 15 is 0 Å². The van der Waals surface area contributed by atoms with Crippen molar-refractivity contribution in [2.24, 2.45) is 5.92 Å². The maximum absolute atomic E-state index is 11.1. The molecule has 0 spiro atoms. The van der Waals surface area contributed by atoms with Crippen molar-refractivity contribution >= 4 is 40.9 Å². The molecule has 160 valence electrons. The molecule has 2 atom stereocenters. The lowest BCUT2D eigenvalue weighted by Crippen LogP contribution is -2.45. The molecule has 1 saturated carbocycles. The molecule has 3 rings (SSSR count). The minimum absolute atomic E-state index is 0. The van der Waals surface area contributed by atoms with Gasteiger partial charge in [-0.2, -0.15) is 0 Å². The van der Waals surface area contributed by atoms with E-state index in [4.69, 9.17) is 0 Å². The Morgan fingerprint density at radius 3 is 2.43 bits per heavy atom. The number of rotatable bonds is 8. The SMILES string of the molecule is CC(=Cc1ccccc1)[C@@H]1C[C@H]1NC1CCN(CCNS(C)(=O)=O)CC1.Cl.Cl. The van der Waals surface area contributed by atoms with Crippen LogP contribution in [0.15, 0.2) is 35.9 Å². The van der Waals surface area contributed by atoms with Gasteiger partial charge in [0.15, 0.2) is 0 Å². The molecule has 0 amide bonds. The van der Waals surface area contributed by atoms with Gasteiger partial charge in [-0.05, 0) is 50.8 Å². The van der Waals surface area contributed by atoms with Crippen LogP contribution in [-0.4, -0.2) is 57.8 Å². The molecule has 2 fully saturated rings. The van der Waals surface area contributed by atoms with Crippen LogP contribution in [0.1, 0.15) is 31.7 Å². The topological polar surface area (TPSA) is 61.4 Å². The van der Waals surface area contributed by atoms with E-state index in [0.29, 0.717) is 24.5 Å². The average molecular weight is 450 g/mol. The molecular formula is C20H33Cl2N3O2S. The Labute approximate surface area is 182 Å². The maximum Gasteiger partial charge on any atom is 0.208 e. The summed E-state index contributed by atoms with van der Waals surface area (Å²) in [6.07, 6.45) is 7.05. The molecule has 2 aliphatic rings. The van der Waals surface area contributed by atoms with Crippen LogP contribution in [0.25, 0.3) is 6.08 Å². The Bertz CT molecular complexity index is 720. The van der Waals surface area contributed by atoms with Crippen LogP contribution in [0.3, 0.4) is 0 Å². The van der Waals surface area contributed by atoms with Crippen molar-refractivity contribution in [3.8, 4) is 0 Å². The zero-order valence-corrected chi connectivity index (χ0v) is 19.1. The highest BCUT2D eigenvalue weighted by Crippen LogP contribution is 2.38. The minimum Gasteiger partial charge on any atom is -0.311 e. The van der Waals surface area contributed by atoms with E-state index in [1.807, 2.05) is 0 Å². The third-order valence-corrected chi connectivity index (χ3v) is 6.13. The summed E-state index contributed by atoms with van der Waals surface area (Å²) in [5.74, 6) is 0.673. The predicted octanol–water partition coefficient (Wildman–Crippen LogP) is 2.93. The van der Waals surface area contributed by atoms with E-state index in [0.717, 1.165) is 32.5 Å². The second kappa shape index (κ2) is 11.5. The number of nitrogens with one attached hydrogen (secondary N) is 2. The normalized spacial score (nSPS) is 23.6. The Kier molecular flexibility index (Phi) is 10.5. The number of hydrogen-bond acceptors (Lipinski definition) is 4. The van der Waals surface area contributed by atoms with Gasteiger partial charge in [0.2, 0.25) is 10.0 Å². The fourth-order valence-corrected chi connectivity index (χ4v) is 4.28. The van der Waals surface area contributed by atoms with Crippen LogP contribution in [0, 0.1) is 5.92 Å². The summed E-state index contributed by atoms with van der Waals surface area (Å²) in [7, 11) is -3.07. The second-order valence-corrected chi connectivity index (χ2v) is 9.53. The maximum atomic E-state index is 11.1. The van der Waals surface area contributed by atoms with E-state index in [1.54, 1.807) is 0 Å². The monoisotopic (exact) mass is 449 g/mol. The summed E-state index contributed by atoms with van der Waals surface area (Å²) >= 11 is 0. The highest BCUT2D eigenvalue weighted by Gasteiger charge is 2.39. The molecule has 1 saturated heterocycles. The number of nitrogens with zero attached hydrogens (tertiary/aromatic N) is 1. The van der Waals surface area contributed by atoms with Gasteiger partial charge in [0.1, 0.15) is 0 Å². The van der Waals surface area contributed by atoms with Gasteiger partial charge in [-0.3, -0.25) is 0 Å². The van der Waals surface area contributed by atoms with Crippen molar-refractivity contribution in [2.45, 2.75) is 38.3 Å². The molecule has 1 aliphatic heterocycles. The van der Waals surface area contributed by atoms with Crippen molar-refractivity contribution in [3.63, 3.8) is 0 Å². The van der Waals surface area contributed by atoms with E-state index in [-0.39, 0.29) is 24.8 Å². The van der Waals surface area contributed by atoms with E-state index in [1.165, 1.54) is 23.8 Å². The summed E-state index contributed by atoms with van der Waals surface area (Å²) in [5, 5.41) is 3.83. The smallest absolute Gasteiger partial charge is 0.208 e. The molecule has 0 bridgehead atoms. The molecule has 0 unspecified atom stereocenters. The Morgan fingerprint density at radius 2 is 1.82 bits per heavy atom. The number of halogens is 2. The molecule has 28 heavy (non-hydrogen) atoms. The van der Waals surface area contributed by atoms with Crippen molar-refractivity contribution in [3.05, 3.63) is 41.5 Å². The summed E-state index contributed by atoms with van der Waals surface area (Å²) in [5.41, 5.74) is 2.75. The number of piperidine rings is 1. The number of hydrogen-bond donors (Lipinski definition) is 2. The molecule has 1 aromatic rings. The Morgan fingerprint density at radius 1 is 1.18 bits per heavy atom. The molecule has 8 heteroatoms. The standard InChI is InChI=1S/C20H31N3O2S.2ClH/c1-16(14-17-6-4-3-5-7-17)19-15-20(19)22-18-8-11-23(12-9-18)13-10-21-26(2,24)25;;/h3-7,14,18-22H,8-13,15H2,1-2H3;2*1H/t19-,20+;;/m0../s1. The van der Waals surface area contributed by atoms with Gasteiger partial charge in [0.05, 0.1) is 6.26 Å². The number of benzene rings is 1. The first-order valence-corrected chi connectivity index (χ1v) is 11.5. The van der Waals surface area contributed by atoms with Crippen LogP contribution < -0.4 is 10.0 Å². The largest absolute Gasteiger partial charge is 0.311 e. The first-order chi connectivity index (χ1) is 12.4. The quantitative estimate of drug-likeness (QED) is 0.640. The fraction of sp³-hybridized carbons (Fsp3) is 0.600. The van der Waals surface area contributed by atoms with Crippen molar-refractivity contribution < 1.29 is 8.42 Å². The van der Waals surface area contributed by atoms with E-state index in [2.05, 4.69) is 58.3 Å². The predicted molar refractivity (Wildman–Crippen MR) is 122 cm³/mol. The molecule has 1 aliphatic carbocycles. The summed E-state index contributed by atoms with van der Waals surface area (Å²) in [6.45, 7) is 5.63. The van der Waals surface area contributed by atoms with Gasteiger partial charge in [0.25, 0.3) is 0 Å². The van der Waals surface area contributed by atoms with Crippen molar-refractivity contribution in [1.82, 2.24) is 14.9 Å². The van der Waals surface area contributed by atoms with Gasteiger partial charge in [0, 0.05) is 25.2 Å². The summed E-state index contributed by atoms with van der Waals surface area (Å²) < 4.78 is 24.8. The Hall–Kier alpha value is -0.630. The third-order valence-electron chi connectivity index (χ3n) is 5.40. The molecule has 0 aromatic heterocycles. The second-order valence-electron chi connectivity index (χ2n) is 7.70. The highest BCUT2D eigenvalue weighted by molar-refractivity contribution is 7.88. The molecular weight excluding hydrogens is 417 g/mol. The van der Waals surface area contributed by atoms with Crippen LogP contribution in [0.4, 0.5) is 0 Å². The molecule has 1 aromatic carbocycles. The van der Waals surface area contributed by atoms with Gasteiger partial charge in [-0.15, -0.1) is 24.8 Å². The molecule has 2 N–H and O–H groups in total. The lowest BCUT2D eigenvalue weighted by atomic mass is 10.0. The van der Waals surface area contributed by atoms with Crippen molar-refractivity contribution in [2.75, 3.05) is 32.4 Å². The lowest BCUT2D eigenvalue weighted by Gasteiger charge is -2.32. The lowest BCUT2D eigenvalue weighted by molar-refractivity contribution is 0.199. The van der Waals surface area contributed by atoms with Crippen molar-refractivity contribution in [1.29, 1.82) is 0 Å². The van der Waals surface area contributed by atoms with Crippen LogP contribution in [-0.2, 0) is 10.0 Å². The van der Waals surface area contributed by atoms with Gasteiger partial charge < -0.3 is 10.2 Å². The summed E-state index contributed by atoms with van der Waals surface area (Å²) in [6, 6.07) is 11.7.